The third-order valence-corrected chi connectivity index (χ3v) is 3.53. The van der Waals surface area contributed by atoms with E-state index in [2.05, 4.69) is 10.8 Å². The van der Waals surface area contributed by atoms with Gasteiger partial charge in [-0.2, -0.15) is 0 Å². The molecule has 0 aliphatic carbocycles. The first-order valence-corrected chi connectivity index (χ1v) is 6.76. The highest BCUT2D eigenvalue weighted by Crippen LogP contribution is 2.21. The molecule has 3 heteroatoms. The second kappa shape index (κ2) is 6.60. The van der Waals surface area contributed by atoms with Crippen molar-refractivity contribution in [2.75, 3.05) is 20.2 Å². The highest BCUT2D eigenvalue weighted by molar-refractivity contribution is 6.49. The second-order valence-electron chi connectivity index (χ2n) is 4.49. The van der Waals surface area contributed by atoms with E-state index < -0.39 is 0 Å². The smallest absolute Gasteiger partial charge is 0.164 e. The van der Waals surface area contributed by atoms with Crippen LogP contribution in [0.2, 0.25) is 0 Å². The number of rotatable bonds is 3. The maximum Gasteiger partial charge on any atom is 0.164 e. The predicted octanol–water partition coefficient (Wildman–Crippen LogP) is 3.54. The van der Waals surface area contributed by atoms with E-state index in [1.807, 2.05) is 30.3 Å². The summed E-state index contributed by atoms with van der Waals surface area (Å²) in [4.78, 5) is 0. The Balaban J connectivity index is 2.06. The summed E-state index contributed by atoms with van der Waals surface area (Å²) in [6.45, 7) is 2.28. The Hall–Kier alpha value is -1.28. The average Bonchev–Trinajstić information content (AvgIpc) is 2.46. The molecule has 1 fully saturated rings. The molecule has 0 N–H and O–H groups in total. The summed E-state index contributed by atoms with van der Waals surface area (Å²) < 4.78 is 7.45. The lowest BCUT2D eigenvalue weighted by Crippen LogP contribution is -2.20. The lowest BCUT2D eigenvalue weighted by molar-refractivity contribution is -0.532. The lowest BCUT2D eigenvalue weighted by atomic mass is 10.1. The minimum atomic E-state index is 0.767. The summed E-state index contributed by atoms with van der Waals surface area (Å²) in [6, 6.07) is 7.79. The molecule has 1 aromatic rings. The van der Waals surface area contributed by atoms with Crippen molar-refractivity contribution in [1.82, 2.24) is 0 Å². The molecule has 1 heterocycles. The zero-order valence-electron chi connectivity index (χ0n) is 10.7. The van der Waals surface area contributed by atoms with E-state index in [0.29, 0.717) is 0 Å². The van der Waals surface area contributed by atoms with Crippen LogP contribution in [0.25, 0.3) is 5.03 Å². The Morgan fingerprint density at radius 1 is 1.17 bits per heavy atom. The molecule has 0 radical (unpaired) electrons. The van der Waals surface area contributed by atoms with Crippen LogP contribution in [-0.4, -0.2) is 31.0 Å². The number of ether oxygens (including phenoxy) is 1. The molecular weight excluding hydrogens is 246 g/mol. The van der Waals surface area contributed by atoms with E-state index >= 15 is 0 Å². The molecule has 0 unspecified atom stereocenters. The number of benzene rings is 1. The standard InChI is InChI=1S/C15H19ClNO/c1-18-14-7-5-13(6-8-14)15(16)9-12-17-10-3-2-4-11-17/h5-9,12H,2-4,10-11H2,1H3/q+1. The number of hydrogen-bond acceptors (Lipinski definition) is 1. The highest BCUT2D eigenvalue weighted by atomic mass is 35.5. The fourth-order valence-electron chi connectivity index (χ4n) is 2.08. The monoisotopic (exact) mass is 264 g/mol. The molecule has 96 valence electrons. The average molecular weight is 265 g/mol. The third kappa shape index (κ3) is 3.61. The number of hydrogen-bond donors (Lipinski definition) is 0. The molecule has 1 aliphatic heterocycles. The molecule has 18 heavy (non-hydrogen) atoms. The molecule has 0 spiro atoms. The maximum absolute atomic E-state index is 6.28. The van der Waals surface area contributed by atoms with Gasteiger partial charge in [-0.05, 0) is 36.2 Å². The number of methoxy groups -OCH3 is 1. The third-order valence-electron chi connectivity index (χ3n) is 3.19. The summed E-state index contributed by atoms with van der Waals surface area (Å²) in [6.07, 6.45) is 8.00. The van der Waals surface area contributed by atoms with E-state index in [0.717, 1.165) is 29.4 Å². The van der Waals surface area contributed by atoms with E-state index in [9.17, 15) is 0 Å². The van der Waals surface area contributed by atoms with Gasteiger partial charge in [-0.1, -0.05) is 11.6 Å². The Bertz CT molecular complexity index is 440. The fourth-order valence-corrected chi connectivity index (χ4v) is 2.27. The van der Waals surface area contributed by atoms with Crippen molar-refractivity contribution >= 4 is 22.8 Å². The molecule has 0 bridgehead atoms. The number of nitrogens with zero attached hydrogens (tertiary/aromatic N) is 1. The first kappa shape index (κ1) is 13.2. The van der Waals surface area contributed by atoms with Gasteiger partial charge in [-0.15, -0.1) is 0 Å². The van der Waals surface area contributed by atoms with Gasteiger partial charge in [0, 0.05) is 18.9 Å². The Kier molecular flexibility index (Phi) is 4.82. The van der Waals surface area contributed by atoms with Gasteiger partial charge >= 0.3 is 0 Å². The van der Waals surface area contributed by atoms with Crippen LogP contribution < -0.4 is 4.74 Å². The van der Waals surface area contributed by atoms with Crippen molar-refractivity contribution in [1.29, 1.82) is 0 Å². The summed E-state index contributed by atoms with van der Waals surface area (Å²) in [5, 5.41) is 0.767. The van der Waals surface area contributed by atoms with Crippen molar-refractivity contribution in [3.63, 3.8) is 0 Å². The summed E-state index contributed by atoms with van der Waals surface area (Å²) >= 11 is 6.28. The van der Waals surface area contributed by atoms with E-state index in [1.54, 1.807) is 7.11 Å². The molecule has 0 aromatic heterocycles. The Morgan fingerprint density at radius 3 is 2.44 bits per heavy atom. The second-order valence-corrected chi connectivity index (χ2v) is 4.90. The molecule has 2 rings (SSSR count). The van der Waals surface area contributed by atoms with Gasteiger partial charge in [0.05, 0.1) is 12.1 Å². The maximum atomic E-state index is 6.28. The Labute approximate surface area is 114 Å². The SMILES string of the molecule is COc1ccc(C(Cl)=CC=[N+]2CCCCC2)cc1. The Morgan fingerprint density at radius 2 is 1.83 bits per heavy atom. The van der Waals surface area contributed by atoms with Crippen molar-refractivity contribution in [3.8, 4) is 5.75 Å². The van der Waals surface area contributed by atoms with Gasteiger partial charge in [0.25, 0.3) is 0 Å². The number of halogens is 1. The van der Waals surface area contributed by atoms with Crippen LogP contribution in [0.4, 0.5) is 0 Å². The van der Waals surface area contributed by atoms with Crippen LogP contribution in [0.5, 0.6) is 5.75 Å². The molecule has 0 saturated carbocycles. The van der Waals surface area contributed by atoms with Crippen LogP contribution in [0, 0.1) is 0 Å². The van der Waals surface area contributed by atoms with Gasteiger partial charge in [0.15, 0.2) is 6.21 Å². The zero-order chi connectivity index (χ0) is 12.8. The van der Waals surface area contributed by atoms with Crippen LogP contribution >= 0.6 is 11.6 Å². The van der Waals surface area contributed by atoms with Crippen molar-refractivity contribution in [2.45, 2.75) is 19.3 Å². The molecule has 1 saturated heterocycles. The van der Waals surface area contributed by atoms with Crippen LogP contribution in [0.1, 0.15) is 24.8 Å². The van der Waals surface area contributed by atoms with E-state index in [4.69, 9.17) is 16.3 Å². The topological polar surface area (TPSA) is 12.2 Å². The summed E-state index contributed by atoms with van der Waals surface area (Å²) in [5.74, 6) is 0.850. The van der Waals surface area contributed by atoms with Gasteiger partial charge in [0.2, 0.25) is 0 Å². The zero-order valence-corrected chi connectivity index (χ0v) is 11.5. The summed E-state index contributed by atoms with van der Waals surface area (Å²) in [7, 11) is 1.66. The van der Waals surface area contributed by atoms with Crippen molar-refractivity contribution in [2.24, 2.45) is 0 Å². The molecular formula is C15H19ClNO+. The van der Waals surface area contributed by atoms with Gasteiger partial charge < -0.3 is 4.74 Å². The molecule has 1 aromatic carbocycles. The van der Waals surface area contributed by atoms with Gasteiger partial charge in [-0.3, -0.25) is 0 Å². The normalized spacial score (nSPS) is 16.6. The van der Waals surface area contributed by atoms with Crippen molar-refractivity contribution < 1.29 is 9.31 Å². The number of piperidine rings is 1. The fraction of sp³-hybridized carbons (Fsp3) is 0.400. The molecule has 0 amide bonds. The van der Waals surface area contributed by atoms with Gasteiger partial charge in [-0.25, -0.2) is 4.58 Å². The van der Waals surface area contributed by atoms with Crippen LogP contribution in [-0.2, 0) is 0 Å². The number of allylic oxidation sites excluding steroid dienone is 1. The minimum Gasteiger partial charge on any atom is -0.497 e. The highest BCUT2D eigenvalue weighted by Gasteiger charge is 2.09. The van der Waals surface area contributed by atoms with Gasteiger partial charge in [0.1, 0.15) is 18.8 Å². The van der Waals surface area contributed by atoms with Crippen LogP contribution in [0.3, 0.4) is 0 Å². The summed E-state index contributed by atoms with van der Waals surface area (Å²) in [5.41, 5.74) is 1.02. The molecule has 1 aliphatic rings. The predicted molar refractivity (Wildman–Crippen MR) is 76.7 cm³/mol. The quantitative estimate of drug-likeness (QED) is 0.761. The van der Waals surface area contributed by atoms with Crippen LogP contribution in [0.15, 0.2) is 30.3 Å². The first-order valence-electron chi connectivity index (χ1n) is 6.39. The molecule has 0 atom stereocenters. The van der Waals surface area contributed by atoms with Crippen molar-refractivity contribution in [3.05, 3.63) is 35.9 Å². The first-order chi connectivity index (χ1) is 8.79. The van der Waals surface area contributed by atoms with E-state index in [1.165, 1.54) is 19.3 Å². The lowest BCUT2D eigenvalue weighted by Gasteiger charge is -2.08. The molecule has 2 nitrogen and oxygen atoms in total. The van der Waals surface area contributed by atoms with E-state index in [-0.39, 0.29) is 0 Å². The minimum absolute atomic E-state index is 0.767. The largest absolute Gasteiger partial charge is 0.497 e.